The lowest BCUT2D eigenvalue weighted by atomic mass is 10.0. The zero-order valence-electron chi connectivity index (χ0n) is 16.4. The topological polar surface area (TPSA) is 98.2 Å². The number of piperidine rings is 1. The molecule has 0 N–H and O–H groups in total. The van der Waals surface area contributed by atoms with Gasteiger partial charge in [-0.3, -0.25) is 19.0 Å². The number of aromatic nitrogens is 1. The molecule has 30 heavy (non-hydrogen) atoms. The Labute approximate surface area is 172 Å². The molecule has 2 aromatic rings. The fourth-order valence-corrected chi connectivity index (χ4v) is 3.85. The van der Waals surface area contributed by atoms with Crippen molar-refractivity contribution in [1.82, 2.24) is 14.4 Å². The van der Waals surface area contributed by atoms with Crippen molar-refractivity contribution in [3.8, 4) is 11.4 Å². The molecule has 3 amide bonds. The molecule has 0 aliphatic carbocycles. The van der Waals surface area contributed by atoms with Gasteiger partial charge >= 0.3 is 6.09 Å². The number of hydrogen-bond acceptors (Lipinski definition) is 6. The third-order valence-electron chi connectivity index (χ3n) is 5.40. The summed E-state index contributed by atoms with van der Waals surface area (Å²) in [5, 5.41) is 0. The van der Waals surface area contributed by atoms with Gasteiger partial charge in [0.2, 0.25) is 0 Å². The van der Waals surface area contributed by atoms with Crippen LogP contribution in [0.3, 0.4) is 0 Å². The Balaban J connectivity index is 1.56. The van der Waals surface area contributed by atoms with E-state index in [0.717, 1.165) is 4.90 Å². The van der Waals surface area contributed by atoms with E-state index in [4.69, 9.17) is 9.47 Å². The van der Waals surface area contributed by atoms with Crippen molar-refractivity contribution < 1.29 is 23.9 Å². The molecule has 1 aromatic carbocycles. The molecule has 2 saturated heterocycles. The van der Waals surface area contributed by atoms with Gasteiger partial charge in [0, 0.05) is 37.1 Å². The lowest BCUT2D eigenvalue weighted by Gasteiger charge is -2.34. The number of likely N-dealkylation sites (tertiary alicyclic amines) is 1. The van der Waals surface area contributed by atoms with E-state index in [1.165, 1.54) is 23.9 Å². The maximum Gasteiger partial charge on any atom is 0.417 e. The fraction of sp³-hybridized carbons (Fsp3) is 0.333. The number of pyridine rings is 1. The monoisotopic (exact) mass is 411 g/mol. The Morgan fingerprint density at radius 1 is 1.10 bits per heavy atom. The van der Waals surface area contributed by atoms with E-state index in [1.54, 1.807) is 17.0 Å². The molecule has 0 saturated carbocycles. The highest BCUT2D eigenvalue weighted by atomic mass is 16.6. The summed E-state index contributed by atoms with van der Waals surface area (Å²) < 4.78 is 11.5. The first-order chi connectivity index (χ1) is 14.5. The van der Waals surface area contributed by atoms with E-state index < -0.39 is 6.09 Å². The van der Waals surface area contributed by atoms with Crippen LogP contribution in [0.1, 0.15) is 23.2 Å². The Morgan fingerprint density at radius 3 is 2.40 bits per heavy atom. The van der Waals surface area contributed by atoms with Crippen LogP contribution in [-0.4, -0.2) is 65.1 Å². The third-order valence-corrected chi connectivity index (χ3v) is 5.40. The molecule has 9 heteroatoms. The van der Waals surface area contributed by atoms with Gasteiger partial charge in [-0.25, -0.2) is 9.69 Å². The molecule has 0 radical (unpaired) electrons. The van der Waals surface area contributed by atoms with Crippen molar-refractivity contribution in [3.63, 3.8) is 0 Å². The highest BCUT2D eigenvalue weighted by Gasteiger charge is 2.39. The third kappa shape index (κ3) is 3.54. The Hall–Kier alpha value is -3.62. The first-order valence-electron chi connectivity index (χ1n) is 9.64. The zero-order valence-corrected chi connectivity index (χ0v) is 16.4. The summed E-state index contributed by atoms with van der Waals surface area (Å²) in [6.45, 7) is 0.512. The summed E-state index contributed by atoms with van der Waals surface area (Å²) in [5.41, 5.74) is 0.611. The van der Waals surface area contributed by atoms with Crippen molar-refractivity contribution in [2.45, 2.75) is 18.9 Å². The summed E-state index contributed by atoms with van der Waals surface area (Å²) in [6.07, 6.45) is 1.80. The Bertz CT molecular complexity index is 1020. The zero-order chi connectivity index (χ0) is 21.3. The van der Waals surface area contributed by atoms with Crippen LogP contribution in [0.15, 0.2) is 47.4 Å². The predicted molar refractivity (Wildman–Crippen MR) is 106 cm³/mol. The number of carbonyl (C=O) groups excluding carboxylic acids is 3. The number of methoxy groups -OCH3 is 1. The molecule has 2 fully saturated rings. The number of carbonyl (C=O) groups is 3. The van der Waals surface area contributed by atoms with E-state index in [1.807, 2.05) is 18.2 Å². The van der Waals surface area contributed by atoms with Gasteiger partial charge in [-0.1, -0.05) is 18.2 Å². The van der Waals surface area contributed by atoms with Gasteiger partial charge in [-0.05, 0) is 25.0 Å². The molecule has 2 aliphatic rings. The van der Waals surface area contributed by atoms with Gasteiger partial charge in [0.1, 0.15) is 5.75 Å². The predicted octanol–water partition coefficient (Wildman–Crippen LogP) is 1.43. The van der Waals surface area contributed by atoms with Gasteiger partial charge in [0.15, 0.2) is 6.61 Å². The molecule has 156 valence electrons. The number of rotatable bonds is 4. The first kappa shape index (κ1) is 19.7. The number of nitrogens with zero attached hydrogens (tertiary/aromatic N) is 3. The normalized spacial score (nSPS) is 17.2. The van der Waals surface area contributed by atoms with E-state index in [-0.39, 0.29) is 41.3 Å². The maximum absolute atomic E-state index is 13.2. The number of benzene rings is 1. The summed E-state index contributed by atoms with van der Waals surface area (Å²) in [7, 11) is 1.41. The van der Waals surface area contributed by atoms with Gasteiger partial charge in [0.25, 0.3) is 17.4 Å². The van der Waals surface area contributed by atoms with Crippen molar-refractivity contribution in [2.24, 2.45) is 0 Å². The molecule has 0 spiro atoms. The highest BCUT2D eigenvalue weighted by molar-refractivity contribution is 5.98. The average Bonchev–Trinajstić information content (AvgIpc) is 3.11. The lowest BCUT2D eigenvalue weighted by Crippen LogP contribution is -2.48. The number of cyclic esters (lactones) is 1. The van der Waals surface area contributed by atoms with E-state index >= 15 is 0 Å². The van der Waals surface area contributed by atoms with Crippen molar-refractivity contribution in [1.29, 1.82) is 0 Å². The standard InChI is InChI=1S/C21H21N3O6/c1-29-17-11-18(25)23(14-5-3-2-4-6-14)12-16(17)20(27)22-9-7-15(8-10-22)24-19(26)13-30-21(24)28/h2-6,11-12,15H,7-10,13H2,1H3. The molecular weight excluding hydrogens is 390 g/mol. The van der Waals surface area contributed by atoms with Crippen LogP contribution < -0.4 is 10.3 Å². The molecule has 1 aromatic heterocycles. The van der Waals surface area contributed by atoms with Gasteiger partial charge in [-0.2, -0.15) is 0 Å². The van der Waals surface area contributed by atoms with Gasteiger partial charge < -0.3 is 14.4 Å². The molecule has 2 aliphatic heterocycles. The van der Waals surface area contributed by atoms with E-state index in [2.05, 4.69) is 0 Å². The lowest BCUT2D eigenvalue weighted by molar-refractivity contribution is -0.127. The molecule has 4 rings (SSSR count). The number of para-hydroxylation sites is 1. The second-order valence-electron chi connectivity index (χ2n) is 7.14. The van der Waals surface area contributed by atoms with Crippen molar-refractivity contribution >= 4 is 17.9 Å². The summed E-state index contributed by atoms with van der Waals surface area (Å²) >= 11 is 0. The second-order valence-corrected chi connectivity index (χ2v) is 7.14. The largest absolute Gasteiger partial charge is 0.496 e. The quantitative estimate of drug-likeness (QED) is 0.755. The molecule has 0 unspecified atom stereocenters. The van der Waals surface area contributed by atoms with E-state index in [0.29, 0.717) is 31.6 Å². The highest BCUT2D eigenvalue weighted by Crippen LogP contribution is 2.24. The first-order valence-corrected chi connectivity index (χ1v) is 9.64. The van der Waals surface area contributed by atoms with Crippen LogP contribution in [0.25, 0.3) is 5.69 Å². The minimum absolute atomic E-state index is 0.206. The van der Waals surface area contributed by atoms with Crippen LogP contribution in [0.4, 0.5) is 4.79 Å². The smallest absolute Gasteiger partial charge is 0.417 e. The SMILES string of the molecule is COc1cc(=O)n(-c2ccccc2)cc1C(=O)N1CCC(N2C(=O)COC2=O)CC1. The second kappa shape index (κ2) is 8.02. The number of ether oxygens (including phenoxy) is 2. The minimum Gasteiger partial charge on any atom is -0.496 e. The Morgan fingerprint density at radius 2 is 1.80 bits per heavy atom. The molecular formula is C21H21N3O6. The van der Waals surface area contributed by atoms with Crippen LogP contribution in [0.5, 0.6) is 5.75 Å². The van der Waals surface area contributed by atoms with Gasteiger partial charge in [0.05, 0.1) is 12.7 Å². The van der Waals surface area contributed by atoms with Crippen LogP contribution in [0.2, 0.25) is 0 Å². The Kier molecular flexibility index (Phi) is 5.26. The maximum atomic E-state index is 13.2. The summed E-state index contributed by atoms with van der Waals surface area (Å²) in [5.74, 6) is -0.413. The number of imide groups is 1. The minimum atomic E-state index is -0.624. The van der Waals surface area contributed by atoms with Gasteiger partial charge in [-0.15, -0.1) is 0 Å². The number of hydrogen-bond donors (Lipinski definition) is 0. The van der Waals surface area contributed by atoms with E-state index in [9.17, 15) is 19.2 Å². The van der Waals surface area contributed by atoms with Crippen LogP contribution in [-0.2, 0) is 9.53 Å². The van der Waals surface area contributed by atoms with Crippen LogP contribution in [0, 0.1) is 0 Å². The molecule has 0 bridgehead atoms. The summed E-state index contributed by atoms with van der Waals surface area (Å²) in [6, 6.07) is 10.0. The summed E-state index contributed by atoms with van der Waals surface area (Å²) in [4.78, 5) is 52.1. The molecule has 9 nitrogen and oxygen atoms in total. The average molecular weight is 411 g/mol. The van der Waals surface area contributed by atoms with Crippen LogP contribution >= 0.6 is 0 Å². The molecule has 0 atom stereocenters. The number of amides is 3. The van der Waals surface area contributed by atoms with Crippen molar-refractivity contribution in [2.75, 3.05) is 26.8 Å². The fourth-order valence-electron chi connectivity index (χ4n) is 3.85. The van der Waals surface area contributed by atoms with Crippen molar-refractivity contribution in [3.05, 3.63) is 58.5 Å². The molecule has 3 heterocycles.